The highest BCUT2D eigenvalue weighted by atomic mass is 16.1. The molecule has 68 valence electrons. The van der Waals surface area contributed by atoms with Crippen molar-refractivity contribution in [3.63, 3.8) is 0 Å². The lowest BCUT2D eigenvalue weighted by atomic mass is 10.2. The number of amides is 2. The minimum atomic E-state index is -0.585. The monoisotopic (exact) mass is 180 g/mol. The SMILES string of the molecule is C[n+]1cc(C(N)=O)cc(C(N)=O)c1. The zero-order chi connectivity index (χ0) is 10.0. The summed E-state index contributed by atoms with van der Waals surface area (Å²) in [6.07, 6.45) is 3.05. The van der Waals surface area contributed by atoms with E-state index in [4.69, 9.17) is 11.5 Å². The lowest BCUT2D eigenvalue weighted by molar-refractivity contribution is -0.671. The van der Waals surface area contributed by atoms with Crippen LogP contribution in [-0.2, 0) is 7.05 Å². The highest BCUT2D eigenvalue weighted by Gasteiger charge is 2.11. The van der Waals surface area contributed by atoms with E-state index in [2.05, 4.69) is 0 Å². The molecule has 4 N–H and O–H groups in total. The van der Waals surface area contributed by atoms with E-state index >= 15 is 0 Å². The number of rotatable bonds is 2. The van der Waals surface area contributed by atoms with Crippen LogP contribution in [0.4, 0.5) is 0 Å². The third-order valence-electron chi connectivity index (χ3n) is 1.57. The Balaban J connectivity index is 3.26. The van der Waals surface area contributed by atoms with Gasteiger partial charge in [0.1, 0.15) is 18.2 Å². The Morgan fingerprint density at radius 1 is 1.15 bits per heavy atom. The molecular formula is C8H10N3O2+. The molecule has 5 heteroatoms. The molecule has 1 aromatic heterocycles. The molecule has 0 bridgehead atoms. The summed E-state index contributed by atoms with van der Waals surface area (Å²) in [5.41, 5.74) is 10.6. The van der Waals surface area contributed by atoms with Crippen LogP contribution in [0.25, 0.3) is 0 Å². The van der Waals surface area contributed by atoms with Crippen molar-refractivity contribution in [1.82, 2.24) is 0 Å². The Morgan fingerprint density at radius 2 is 1.54 bits per heavy atom. The molecule has 0 aromatic carbocycles. The Labute approximate surface area is 75.0 Å². The fraction of sp³-hybridized carbons (Fsp3) is 0.125. The van der Waals surface area contributed by atoms with E-state index in [-0.39, 0.29) is 11.1 Å². The van der Waals surface area contributed by atoms with Crippen LogP contribution in [0.1, 0.15) is 20.7 Å². The fourth-order valence-electron chi connectivity index (χ4n) is 0.988. The topological polar surface area (TPSA) is 90.1 Å². The van der Waals surface area contributed by atoms with E-state index in [0.717, 1.165) is 0 Å². The smallest absolute Gasteiger partial charge is 0.254 e. The second-order valence-electron chi connectivity index (χ2n) is 2.71. The van der Waals surface area contributed by atoms with Crippen LogP contribution in [-0.4, -0.2) is 11.8 Å². The number of primary amides is 2. The van der Waals surface area contributed by atoms with Crippen LogP contribution < -0.4 is 16.0 Å². The molecule has 0 saturated carbocycles. The van der Waals surface area contributed by atoms with Gasteiger partial charge in [-0.05, 0) is 6.07 Å². The number of hydrogen-bond acceptors (Lipinski definition) is 2. The van der Waals surface area contributed by atoms with E-state index in [1.807, 2.05) is 0 Å². The Bertz CT molecular complexity index is 341. The normalized spacial score (nSPS) is 9.62. The molecule has 0 aliphatic rings. The summed E-state index contributed by atoms with van der Waals surface area (Å²) in [6.45, 7) is 0. The number of pyridine rings is 1. The molecule has 0 saturated heterocycles. The minimum absolute atomic E-state index is 0.263. The largest absolute Gasteiger partial charge is 0.365 e. The van der Waals surface area contributed by atoms with Crippen LogP contribution in [0.2, 0.25) is 0 Å². The predicted octanol–water partition coefficient (Wildman–Crippen LogP) is -1.29. The van der Waals surface area contributed by atoms with Crippen LogP contribution in [0.5, 0.6) is 0 Å². The first-order valence-corrected chi connectivity index (χ1v) is 3.60. The van der Waals surface area contributed by atoms with Gasteiger partial charge in [-0.1, -0.05) is 0 Å². The second-order valence-corrected chi connectivity index (χ2v) is 2.71. The highest BCUT2D eigenvalue weighted by Crippen LogP contribution is 1.99. The number of nitrogens with zero attached hydrogens (tertiary/aromatic N) is 1. The molecule has 0 radical (unpaired) electrons. The van der Waals surface area contributed by atoms with Crippen molar-refractivity contribution >= 4 is 11.8 Å². The van der Waals surface area contributed by atoms with Crippen LogP contribution in [0.15, 0.2) is 18.5 Å². The number of aromatic nitrogens is 1. The molecule has 0 spiro atoms. The predicted molar refractivity (Wildman–Crippen MR) is 44.7 cm³/mol. The van der Waals surface area contributed by atoms with Crippen LogP contribution >= 0.6 is 0 Å². The van der Waals surface area contributed by atoms with Gasteiger partial charge in [0.2, 0.25) is 0 Å². The van der Waals surface area contributed by atoms with E-state index < -0.39 is 11.8 Å². The summed E-state index contributed by atoms with van der Waals surface area (Å²) in [6, 6.07) is 1.37. The molecule has 0 aliphatic carbocycles. The summed E-state index contributed by atoms with van der Waals surface area (Å²) < 4.78 is 1.56. The Morgan fingerprint density at radius 3 is 1.85 bits per heavy atom. The van der Waals surface area contributed by atoms with Gasteiger partial charge >= 0.3 is 0 Å². The molecule has 0 unspecified atom stereocenters. The number of nitrogens with two attached hydrogens (primary N) is 2. The molecule has 1 heterocycles. The van der Waals surface area contributed by atoms with Crippen LogP contribution in [0, 0.1) is 0 Å². The molecular weight excluding hydrogens is 170 g/mol. The van der Waals surface area contributed by atoms with Crippen molar-refractivity contribution in [1.29, 1.82) is 0 Å². The maximum Gasteiger partial charge on any atom is 0.254 e. The number of carbonyl (C=O) groups is 2. The first-order chi connectivity index (χ1) is 6.00. The van der Waals surface area contributed by atoms with Crippen molar-refractivity contribution in [3.8, 4) is 0 Å². The maximum atomic E-state index is 10.8. The summed E-state index contributed by atoms with van der Waals surface area (Å²) in [7, 11) is 1.68. The fourth-order valence-corrected chi connectivity index (χ4v) is 0.988. The zero-order valence-corrected chi connectivity index (χ0v) is 7.15. The maximum absolute atomic E-state index is 10.8. The molecule has 1 aromatic rings. The number of hydrogen-bond donors (Lipinski definition) is 2. The Hall–Kier alpha value is -1.91. The third-order valence-corrected chi connectivity index (χ3v) is 1.57. The molecule has 0 atom stereocenters. The van der Waals surface area contributed by atoms with Gasteiger partial charge in [0.05, 0.1) is 0 Å². The molecule has 2 amide bonds. The van der Waals surface area contributed by atoms with Crippen molar-refractivity contribution in [2.75, 3.05) is 0 Å². The van der Waals surface area contributed by atoms with Gasteiger partial charge in [-0.25, -0.2) is 4.57 Å². The second kappa shape index (κ2) is 3.22. The van der Waals surface area contributed by atoms with E-state index in [1.54, 1.807) is 11.6 Å². The minimum Gasteiger partial charge on any atom is -0.365 e. The average molecular weight is 180 g/mol. The first kappa shape index (κ1) is 9.18. The lowest BCUT2D eigenvalue weighted by Crippen LogP contribution is -2.32. The molecule has 1 rings (SSSR count). The van der Waals surface area contributed by atoms with Gasteiger partial charge in [-0.15, -0.1) is 0 Å². The summed E-state index contributed by atoms with van der Waals surface area (Å²) in [4.78, 5) is 21.6. The van der Waals surface area contributed by atoms with Crippen LogP contribution in [0.3, 0.4) is 0 Å². The average Bonchev–Trinajstić information content (AvgIpc) is 2.03. The van der Waals surface area contributed by atoms with Gasteiger partial charge in [0.15, 0.2) is 12.4 Å². The van der Waals surface area contributed by atoms with Crippen molar-refractivity contribution in [2.45, 2.75) is 0 Å². The van der Waals surface area contributed by atoms with E-state index in [1.165, 1.54) is 18.5 Å². The summed E-state index contributed by atoms with van der Waals surface area (Å²) >= 11 is 0. The highest BCUT2D eigenvalue weighted by molar-refractivity contribution is 5.97. The standard InChI is InChI=1S/C8H9N3O2/c1-11-3-5(7(9)12)2-6(4-11)8(10)13/h2-4H,1H3,(H3-,9,10,12,13)/p+1. The van der Waals surface area contributed by atoms with Gasteiger partial charge < -0.3 is 11.5 Å². The van der Waals surface area contributed by atoms with E-state index in [9.17, 15) is 9.59 Å². The molecule has 0 fully saturated rings. The molecule has 0 aliphatic heterocycles. The molecule has 13 heavy (non-hydrogen) atoms. The summed E-state index contributed by atoms with van der Waals surface area (Å²) in [5.74, 6) is -1.17. The number of carbonyl (C=O) groups excluding carboxylic acids is 2. The zero-order valence-electron chi connectivity index (χ0n) is 7.15. The third kappa shape index (κ3) is 2.02. The quantitative estimate of drug-likeness (QED) is 0.554. The van der Waals surface area contributed by atoms with E-state index in [0.29, 0.717) is 0 Å². The van der Waals surface area contributed by atoms with Crippen molar-refractivity contribution in [2.24, 2.45) is 18.5 Å². The summed E-state index contributed by atoms with van der Waals surface area (Å²) in [5, 5.41) is 0. The van der Waals surface area contributed by atoms with Gasteiger partial charge in [0.25, 0.3) is 11.8 Å². The first-order valence-electron chi connectivity index (χ1n) is 3.60. The van der Waals surface area contributed by atoms with Crippen molar-refractivity contribution < 1.29 is 14.2 Å². The van der Waals surface area contributed by atoms with Gasteiger partial charge in [-0.3, -0.25) is 9.59 Å². The van der Waals surface area contributed by atoms with Crippen molar-refractivity contribution in [3.05, 3.63) is 29.6 Å². The number of aryl methyl sites for hydroxylation is 1. The van der Waals surface area contributed by atoms with Gasteiger partial charge in [-0.2, -0.15) is 0 Å². The lowest BCUT2D eigenvalue weighted by Gasteiger charge is -1.96. The Kier molecular flexibility index (Phi) is 2.27. The van der Waals surface area contributed by atoms with Gasteiger partial charge in [0, 0.05) is 0 Å². The molecule has 5 nitrogen and oxygen atoms in total.